The van der Waals surface area contributed by atoms with Crippen molar-refractivity contribution in [2.24, 2.45) is 5.92 Å². The first kappa shape index (κ1) is 21.1. The highest BCUT2D eigenvalue weighted by Gasteiger charge is 2.33. The molecule has 3 aromatic rings. The van der Waals surface area contributed by atoms with Crippen LogP contribution >= 0.6 is 0 Å². The fourth-order valence-corrected chi connectivity index (χ4v) is 5.44. The van der Waals surface area contributed by atoms with Crippen LogP contribution in [0.2, 0.25) is 0 Å². The molecule has 2 aliphatic rings. The summed E-state index contributed by atoms with van der Waals surface area (Å²) in [6.07, 6.45) is 6.42. The first-order chi connectivity index (χ1) is 15.8. The van der Waals surface area contributed by atoms with E-state index in [1.54, 1.807) is 12.1 Å². The summed E-state index contributed by atoms with van der Waals surface area (Å²) in [4.78, 5) is 0. The zero-order valence-electron chi connectivity index (χ0n) is 18.7. The van der Waals surface area contributed by atoms with Gasteiger partial charge >= 0.3 is 0 Å². The molecule has 166 valence electrons. The number of rotatable bonds is 5. The third-order valence-electron chi connectivity index (χ3n) is 7.26. The molecule has 0 bridgehead atoms. The van der Waals surface area contributed by atoms with E-state index in [0.717, 1.165) is 23.7 Å². The minimum Gasteiger partial charge on any atom is -0.508 e. The van der Waals surface area contributed by atoms with Crippen LogP contribution in [0.15, 0.2) is 72.8 Å². The number of fused-ring (bicyclic) bond motifs is 1. The molecule has 0 spiro atoms. The Hall–Kier alpha value is -2.78. The monoisotopic (exact) mass is 427 g/mol. The molecule has 1 saturated heterocycles. The molecule has 32 heavy (non-hydrogen) atoms. The van der Waals surface area contributed by atoms with Gasteiger partial charge in [0.2, 0.25) is 0 Å². The Labute approximate surface area is 191 Å². The number of hydrogen-bond acceptors (Lipinski definition) is 3. The number of nitrogens with one attached hydrogen (secondary N) is 1. The van der Waals surface area contributed by atoms with Crippen LogP contribution in [0.25, 0.3) is 0 Å². The van der Waals surface area contributed by atoms with Crippen molar-refractivity contribution in [3.05, 3.63) is 95.1 Å². The van der Waals surface area contributed by atoms with Gasteiger partial charge in [-0.05, 0) is 73.9 Å². The van der Waals surface area contributed by atoms with Crippen molar-refractivity contribution >= 4 is 0 Å². The summed E-state index contributed by atoms with van der Waals surface area (Å²) in [7, 11) is 0. The summed E-state index contributed by atoms with van der Waals surface area (Å²) in [5.41, 5.74) is 5.19. The van der Waals surface area contributed by atoms with Gasteiger partial charge in [0.15, 0.2) is 0 Å². The SMILES string of the molecule is Oc1ccc2c(c1)OC[C@H](c1ccccc1)C2c1ccc(CCC2CCCNCC2)cc1. The van der Waals surface area contributed by atoms with E-state index in [9.17, 15) is 5.11 Å². The van der Waals surface area contributed by atoms with Gasteiger partial charge in [0.25, 0.3) is 0 Å². The molecule has 0 aliphatic carbocycles. The molecule has 3 atom stereocenters. The van der Waals surface area contributed by atoms with E-state index < -0.39 is 0 Å². The summed E-state index contributed by atoms with van der Waals surface area (Å²) >= 11 is 0. The minimum absolute atomic E-state index is 0.212. The number of hydrogen-bond donors (Lipinski definition) is 2. The molecule has 2 unspecified atom stereocenters. The van der Waals surface area contributed by atoms with E-state index in [4.69, 9.17) is 4.74 Å². The van der Waals surface area contributed by atoms with Crippen LogP contribution in [-0.2, 0) is 6.42 Å². The molecule has 0 saturated carbocycles. The third kappa shape index (κ3) is 4.68. The van der Waals surface area contributed by atoms with Crippen molar-refractivity contribution in [2.75, 3.05) is 19.7 Å². The number of aromatic hydroxyl groups is 1. The van der Waals surface area contributed by atoms with Gasteiger partial charge in [0, 0.05) is 23.5 Å². The smallest absolute Gasteiger partial charge is 0.126 e. The maximum absolute atomic E-state index is 9.96. The van der Waals surface area contributed by atoms with Crippen molar-refractivity contribution < 1.29 is 9.84 Å². The molecule has 0 aromatic heterocycles. The average Bonchev–Trinajstić information content (AvgIpc) is 3.12. The van der Waals surface area contributed by atoms with Crippen LogP contribution in [-0.4, -0.2) is 24.8 Å². The molecule has 3 nitrogen and oxygen atoms in total. The van der Waals surface area contributed by atoms with Gasteiger partial charge in [-0.15, -0.1) is 0 Å². The Balaban J connectivity index is 1.39. The predicted molar refractivity (Wildman–Crippen MR) is 130 cm³/mol. The third-order valence-corrected chi connectivity index (χ3v) is 7.26. The van der Waals surface area contributed by atoms with Crippen molar-refractivity contribution in [2.45, 2.75) is 43.9 Å². The summed E-state index contributed by atoms with van der Waals surface area (Å²) in [5, 5.41) is 13.5. The van der Waals surface area contributed by atoms with E-state index in [1.165, 1.54) is 55.5 Å². The van der Waals surface area contributed by atoms with Crippen LogP contribution < -0.4 is 10.1 Å². The van der Waals surface area contributed by atoms with Gasteiger partial charge in [-0.1, -0.05) is 60.7 Å². The Morgan fingerprint density at radius 1 is 0.875 bits per heavy atom. The van der Waals surface area contributed by atoms with Crippen LogP contribution in [0, 0.1) is 5.92 Å². The van der Waals surface area contributed by atoms with Crippen LogP contribution in [0.3, 0.4) is 0 Å². The van der Waals surface area contributed by atoms with Crippen molar-refractivity contribution in [1.29, 1.82) is 0 Å². The Bertz CT molecular complexity index is 1010. The fourth-order valence-electron chi connectivity index (χ4n) is 5.44. The van der Waals surface area contributed by atoms with Crippen molar-refractivity contribution in [3.63, 3.8) is 0 Å². The topological polar surface area (TPSA) is 41.5 Å². The number of phenolic OH excluding ortho intramolecular Hbond substituents is 1. The van der Waals surface area contributed by atoms with Gasteiger partial charge in [-0.2, -0.15) is 0 Å². The second kappa shape index (κ2) is 9.79. The predicted octanol–water partition coefficient (Wildman–Crippen LogP) is 6.02. The van der Waals surface area contributed by atoms with E-state index in [1.807, 2.05) is 6.07 Å². The van der Waals surface area contributed by atoms with Crippen LogP contribution in [0.1, 0.15) is 59.8 Å². The van der Waals surface area contributed by atoms with Gasteiger partial charge < -0.3 is 15.2 Å². The number of aryl methyl sites for hydroxylation is 1. The largest absolute Gasteiger partial charge is 0.508 e. The standard InChI is InChI=1S/C29H33NO2/c31-25-14-15-26-28(19-25)32-20-27(23-6-2-1-3-7-23)29(26)24-12-10-22(11-13-24)9-8-21-5-4-17-30-18-16-21/h1-3,6-7,10-15,19,21,27,29-31H,4-5,8-9,16-18,20H2/t21?,27-,29?/m1/s1. The fraction of sp³-hybridized carbons (Fsp3) is 0.379. The van der Waals surface area contributed by atoms with Crippen LogP contribution in [0.5, 0.6) is 11.5 Å². The highest BCUT2D eigenvalue weighted by atomic mass is 16.5. The molecule has 2 aliphatic heterocycles. The molecule has 5 rings (SSSR count). The molecule has 3 heteroatoms. The van der Waals surface area contributed by atoms with Gasteiger partial charge in [0.05, 0.1) is 6.61 Å². The van der Waals surface area contributed by atoms with Gasteiger partial charge in [-0.25, -0.2) is 0 Å². The first-order valence-corrected chi connectivity index (χ1v) is 12.1. The van der Waals surface area contributed by atoms with E-state index in [0.29, 0.717) is 6.61 Å². The first-order valence-electron chi connectivity index (χ1n) is 12.1. The van der Waals surface area contributed by atoms with Crippen molar-refractivity contribution in [1.82, 2.24) is 5.32 Å². The second-order valence-corrected chi connectivity index (χ2v) is 9.36. The molecular formula is C29H33NO2. The van der Waals surface area contributed by atoms with E-state index >= 15 is 0 Å². The lowest BCUT2D eigenvalue weighted by atomic mass is 9.75. The highest BCUT2D eigenvalue weighted by Crippen LogP contribution is 2.46. The molecule has 2 heterocycles. The zero-order valence-corrected chi connectivity index (χ0v) is 18.7. The quantitative estimate of drug-likeness (QED) is 0.523. The maximum atomic E-state index is 9.96. The number of benzene rings is 3. The number of ether oxygens (including phenoxy) is 1. The summed E-state index contributed by atoms with van der Waals surface area (Å²) in [5.74, 6) is 2.36. The summed E-state index contributed by atoms with van der Waals surface area (Å²) < 4.78 is 6.10. The van der Waals surface area contributed by atoms with Crippen molar-refractivity contribution in [3.8, 4) is 11.5 Å². The lowest BCUT2D eigenvalue weighted by Gasteiger charge is -2.34. The average molecular weight is 428 g/mol. The van der Waals surface area contributed by atoms with E-state index in [2.05, 4.69) is 59.9 Å². The van der Waals surface area contributed by atoms with E-state index in [-0.39, 0.29) is 17.6 Å². The molecule has 0 amide bonds. The Kier molecular flexibility index (Phi) is 6.45. The van der Waals surface area contributed by atoms with Crippen LogP contribution in [0.4, 0.5) is 0 Å². The minimum atomic E-state index is 0.212. The zero-order chi connectivity index (χ0) is 21.8. The summed E-state index contributed by atoms with van der Waals surface area (Å²) in [6.45, 7) is 2.96. The summed E-state index contributed by atoms with van der Waals surface area (Å²) in [6, 6.07) is 25.5. The van der Waals surface area contributed by atoms with Gasteiger partial charge in [0.1, 0.15) is 11.5 Å². The highest BCUT2D eigenvalue weighted by molar-refractivity contribution is 5.50. The Morgan fingerprint density at radius 3 is 2.56 bits per heavy atom. The lowest BCUT2D eigenvalue weighted by Crippen LogP contribution is -2.25. The molecule has 1 fully saturated rings. The van der Waals surface area contributed by atoms with Gasteiger partial charge in [-0.3, -0.25) is 0 Å². The Morgan fingerprint density at radius 2 is 1.72 bits per heavy atom. The lowest BCUT2D eigenvalue weighted by molar-refractivity contribution is 0.248. The maximum Gasteiger partial charge on any atom is 0.126 e. The normalized spacial score (nSPS) is 23.1. The molecule has 3 aromatic carbocycles. The second-order valence-electron chi connectivity index (χ2n) is 9.36. The molecule has 2 N–H and O–H groups in total. The molecule has 0 radical (unpaired) electrons. The molecular weight excluding hydrogens is 394 g/mol. The number of phenols is 1.